The second-order valence-corrected chi connectivity index (χ2v) is 7.76. The number of hydrogen-bond donors (Lipinski definition) is 2. The Kier molecular flexibility index (Phi) is 7.47. The third-order valence-electron chi connectivity index (χ3n) is 4.33. The van der Waals surface area contributed by atoms with Crippen LogP contribution < -0.4 is 10.6 Å². The molecule has 3 aromatic carbocycles. The van der Waals surface area contributed by atoms with Crippen molar-refractivity contribution < 1.29 is 9.59 Å². The standard InChI is InChI=1S/C24H24N2O2S/c1-18-10-12-19(13-11-18)16-29-17-23(27)25-15-20-6-5-7-21(14-20)24(28)26-22-8-3-2-4-9-22/h2-14H,15-17H2,1H3,(H,25,27)(H,26,28). The van der Waals surface area contributed by atoms with E-state index >= 15 is 0 Å². The van der Waals surface area contributed by atoms with Crippen LogP contribution in [0.25, 0.3) is 0 Å². The van der Waals surface area contributed by atoms with Gasteiger partial charge in [0.15, 0.2) is 0 Å². The quantitative estimate of drug-likeness (QED) is 0.567. The average molecular weight is 405 g/mol. The van der Waals surface area contributed by atoms with Crippen molar-refractivity contribution >= 4 is 29.3 Å². The van der Waals surface area contributed by atoms with Crippen molar-refractivity contribution in [1.82, 2.24) is 5.32 Å². The number of benzene rings is 3. The maximum atomic E-state index is 12.4. The fourth-order valence-electron chi connectivity index (χ4n) is 2.74. The number of para-hydroxylation sites is 1. The first kappa shape index (κ1) is 20.7. The minimum absolute atomic E-state index is 0.0127. The van der Waals surface area contributed by atoms with Crippen molar-refractivity contribution in [3.8, 4) is 0 Å². The van der Waals surface area contributed by atoms with Gasteiger partial charge in [-0.05, 0) is 42.3 Å². The Morgan fingerprint density at radius 3 is 2.38 bits per heavy atom. The summed E-state index contributed by atoms with van der Waals surface area (Å²) in [4.78, 5) is 24.5. The summed E-state index contributed by atoms with van der Waals surface area (Å²) in [5, 5.41) is 5.79. The molecule has 0 atom stereocenters. The molecule has 3 rings (SSSR count). The summed E-state index contributed by atoms with van der Waals surface area (Å²) in [7, 11) is 0. The molecule has 0 heterocycles. The van der Waals surface area contributed by atoms with E-state index in [4.69, 9.17) is 0 Å². The SMILES string of the molecule is Cc1ccc(CSCC(=O)NCc2cccc(C(=O)Nc3ccccc3)c2)cc1. The van der Waals surface area contributed by atoms with E-state index in [1.165, 1.54) is 11.1 Å². The van der Waals surface area contributed by atoms with E-state index in [0.717, 1.165) is 17.0 Å². The zero-order chi connectivity index (χ0) is 20.5. The average Bonchev–Trinajstić information content (AvgIpc) is 2.74. The third-order valence-corrected chi connectivity index (χ3v) is 5.34. The molecule has 0 bridgehead atoms. The number of carbonyl (C=O) groups excluding carboxylic acids is 2. The van der Waals surface area contributed by atoms with Crippen LogP contribution in [0.2, 0.25) is 0 Å². The number of hydrogen-bond acceptors (Lipinski definition) is 3. The topological polar surface area (TPSA) is 58.2 Å². The van der Waals surface area contributed by atoms with Gasteiger partial charge in [-0.3, -0.25) is 9.59 Å². The molecule has 148 valence electrons. The smallest absolute Gasteiger partial charge is 0.255 e. The molecule has 0 aliphatic heterocycles. The second-order valence-electron chi connectivity index (χ2n) is 6.78. The Balaban J connectivity index is 1.45. The molecule has 0 spiro atoms. The molecule has 0 saturated carbocycles. The molecular weight excluding hydrogens is 380 g/mol. The molecule has 0 radical (unpaired) electrons. The summed E-state index contributed by atoms with van der Waals surface area (Å²) in [6, 6.07) is 25.0. The van der Waals surface area contributed by atoms with E-state index in [-0.39, 0.29) is 11.8 Å². The highest BCUT2D eigenvalue weighted by molar-refractivity contribution is 7.99. The first-order chi connectivity index (χ1) is 14.1. The summed E-state index contributed by atoms with van der Waals surface area (Å²) in [5.41, 5.74) is 4.65. The number of aryl methyl sites for hydroxylation is 1. The van der Waals surface area contributed by atoms with Gasteiger partial charge in [0.25, 0.3) is 5.91 Å². The lowest BCUT2D eigenvalue weighted by atomic mass is 10.1. The molecule has 0 unspecified atom stereocenters. The van der Waals surface area contributed by atoms with Gasteiger partial charge in [0.05, 0.1) is 5.75 Å². The minimum Gasteiger partial charge on any atom is -0.351 e. The third kappa shape index (κ3) is 6.80. The lowest BCUT2D eigenvalue weighted by molar-refractivity contribution is -0.118. The van der Waals surface area contributed by atoms with Gasteiger partial charge in [-0.2, -0.15) is 0 Å². The van der Waals surface area contributed by atoms with Crippen LogP contribution in [-0.2, 0) is 17.1 Å². The van der Waals surface area contributed by atoms with Gasteiger partial charge in [0.2, 0.25) is 5.91 Å². The van der Waals surface area contributed by atoms with Crippen LogP contribution >= 0.6 is 11.8 Å². The Morgan fingerprint density at radius 1 is 0.862 bits per heavy atom. The van der Waals surface area contributed by atoms with Crippen LogP contribution in [0.15, 0.2) is 78.9 Å². The first-order valence-corrected chi connectivity index (χ1v) is 10.6. The van der Waals surface area contributed by atoms with Crippen LogP contribution in [-0.4, -0.2) is 17.6 Å². The van der Waals surface area contributed by atoms with E-state index in [1.54, 1.807) is 23.9 Å². The lowest BCUT2D eigenvalue weighted by Gasteiger charge is -2.08. The molecule has 29 heavy (non-hydrogen) atoms. The first-order valence-electron chi connectivity index (χ1n) is 9.45. The Labute approximate surface area is 175 Å². The van der Waals surface area contributed by atoms with Crippen LogP contribution in [0.5, 0.6) is 0 Å². The number of rotatable bonds is 8. The number of anilines is 1. The van der Waals surface area contributed by atoms with Crippen LogP contribution in [0, 0.1) is 6.92 Å². The molecule has 0 fully saturated rings. The Morgan fingerprint density at radius 2 is 1.62 bits per heavy atom. The van der Waals surface area contributed by atoms with E-state index in [9.17, 15) is 9.59 Å². The molecule has 0 aliphatic carbocycles. The zero-order valence-corrected chi connectivity index (χ0v) is 17.2. The summed E-state index contributed by atoms with van der Waals surface area (Å²) in [5.74, 6) is 1.03. The fourth-order valence-corrected chi connectivity index (χ4v) is 3.56. The molecule has 5 heteroatoms. The van der Waals surface area contributed by atoms with Gasteiger partial charge in [0, 0.05) is 23.5 Å². The number of thioether (sulfide) groups is 1. The molecule has 0 aliphatic rings. The van der Waals surface area contributed by atoms with Crippen molar-refractivity contribution in [2.45, 2.75) is 19.2 Å². The van der Waals surface area contributed by atoms with Gasteiger partial charge in [-0.25, -0.2) is 0 Å². The molecule has 2 amide bonds. The van der Waals surface area contributed by atoms with Crippen molar-refractivity contribution in [3.63, 3.8) is 0 Å². The molecule has 0 saturated heterocycles. The minimum atomic E-state index is -0.168. The number of nitrogens with one attached hydrogen (secondary N) is 2. The molecule has 4 nitrogen and oxygen atoms in total. The lowest BCUT2D eigenvalue weighted by Crippen LogP contribution is -2.24. The monoisotopic (exact) mass is 404 g/mol. The maximum Gasteiger partial charge on any atom is 0.255 e. The van der Waals surface area contributed by atoms with Crippen molar-refractivity contribution in [2.75, 3.05) is 11.1 Å². The fraction of sp³-hybridized carbons (Fsp3) is 0.167. The van der Waals surface area contributed by atoms with Gasteiger partial charge in [0.1, 0.15) is 0 Å². The Bertz CT molecular complexity index is 956. The normalized spacial score (nSPS) is 10.4. The highest BCUT2D eigenvalue weighted by Gasteiger charge is 2.08. The van der Waals surface area contributed by atoms with Gasteiger partial charge < -0.3 is 10.6 Å². The summed E-state index contributed by atoms with van der Waals surface area (Å²) >= 11 is 1.59. The van der Waals surface area contributed by atoms with Crippen molar-refractivity contribution in [3.05, 3.63) is 101 Å². The van der Waals surface area contributed by atoms with E-state index in [2.05, 4.69) is 41.8 Å². The molecule has 2 N–H and O–H groups in total. The van der Waals surface area contributed by atoms with Crippen molar-refractivity contribution in [2.24, 2.45) is 0 Å². The summed E-state index contributed by atoms with van der Waals surface area (Å²) < 4.78 is 0. The van der Waals surface area contributed by atoms with Crippen LogP contribution in [0.4, 0.5) is 5.69 Å². The summed E-state index contributed by atoms with van der Waals surface area (Å²) in [6.45, 7) is 2.46. The predicted octanol–water partition coefficient (Wildman–Crippen LogP) is 4.80. The predicted molar refractivity (Wildman–Crippen MR) is 120 cm³/mol. The second kappa shape index (κ2) is 10.5. The maximum absolute atomic E-state index is 12.4. The highest BCUT2D eigenvalue weighted by atomic mass is 32.2. The van der Waals surface area contributed by atoms with Gasteiger partial charge in [-0.1, -0.05) is 60.2 Å². The van der Waals surface area contributed by atoms with Crippen LogP contribution in [0.1, 0.15) is 27.0 Å². The van der Waals surface area contributed by atoms with E-state index < -0.39 is 0 Å². The Hall–Kier alpha value is -3.05. The van der Waals surface area contributed by atoms with Gasteiger partial charge >= 0.3 is 0 Å². The largest absolute Gasteiger partial charge is 0.351 e. The van der Waals surface area contributed by atoms with E-state index in [1.807, 2.05) is 42.5 Å². The number of carbonyl (C=O) groups is 2. The van der Waals surface area contributed by atoms with Crippen LogP contribution in [0.3, 0.4) is 0 Å². The molecular formula is C24H24N2O2S. The molecule has 0 aromatic heterocycles. The molecule has 3 aromatic rings. The summed E-state index contributed by atoms with van der Waals surface area (Å²) in [6.07, 6.45) is 0. The van der Waals surface area contributed by atoms with Gasteiger partial charge in [-0.15, -0.1) is 11.8 Å². The zero-order valence-electron chi connectivity index (χ0n) is 16.4. The van der Waals surface area contributed by atoms with E-state index in [0.29, 0.717) is 17.9 Å². The number of amides is 2. The van der Waals surface area contributed by atoms with Crippen molar-refractivity contribution in [1.29, 1.82) is 0 Å². The highest BCUT2D eigenvalue weighted by Crippen LogP contribution is 2.13.